The van der Waals surface area contributed by atoms with Crippen LogP contribution >= 0.6 is 31.4 Å². The summed E-state index contributed by atoms with van der Waals surface area (Å²) < 4.78 is 4.99. The van der Waals surface area contributed by atoms with Crippen molar-refractivity contribution in [3.8, 4) is 0 Å². The minimum atomic E-state index is -0.325. The van der Waals surface area contributed by atoms with Gasteiger partial charge in [-0.25, -0.2) is 4.79 Å². The summed E-state index contributed by atoms with van der Waals surface area (Å²) in [6.07, 6.45) is 17.9. The van der Waals surface area contributed by atoms with Gasteiger partial charge >= 0.3 is 5.97 Å². The smallest absolute Gasteiger partial charge is 0.330 e. The average molecular weight is 421 g/mol. The molecule has 0 rings (SSSR count). The monoisotopic (exact) mass is 420 g/mol. The van der Waals surface area contributed by atoms with Crippen molar-refractivity contribution in [1.82, 2.24) is 0 Å². The van der Waals surface area contributed by atoms with Crippen molar-refractivity contribution in [1.29, 1.82) is 0 Å². The largest absolute Gasteiger partial charge is 0.462 e. The maximum Gasteiger partial charge on any atom is 0.330 e. The summed E-state index contributed by atoms with van der Waals surface area (Å²) >= 11 is 0. The lowest BCUT2D eigenvalue weighted by Crippen LogP contribution is -2.04. The molecule has 1 atom stereocenters. The van der Waals surface area contributed by atoms with Crippen molar-refractivity contribution in [2.45, 2.75) is 90.9 Å². The van der Waals surface area contributed by atoms with Gasteiger partial charge in [-0.1, -0.05) is 106 Å². The van der Waals surface area contributed by atoms with E-state index in [9.17, 15) is 4.79 Å². The Morgan fingerprint density at radius 1 is 0.923 bits per heavy atom. The molecule has 1 unspecified atom stereocenters. The van der Waals surface area contributed by atoms with Crippen LogP contribution in [0.25, 0.3) is 0 Å². The predicted octanol–water partition coefficient (Wildman–Crippen LogP) is 8.08. The number of rotatable bonds is 20. The molecule has 0 amide bonds. The third-order valence-electron chi connectivity index (χ3n) is 4.41. The molecule has 2 nitrogen and oxygen atoms in total. The van der Waals surface area contributed by atoms with E-state index < -0.39 is 0 Å². The van der Waals surface area contributed by atoms with Crippen molar-refractivity contribution in [2.75, 3.05) is 18.1 Å². The quantitative estimate of drug-likeness (QED) is 0.0858. The number of esters is 1. The first-order chi connectivity index (χ1) is 12.7. The van der Waals surface area contributed by atoms with Crippen LogP contribution in [0.5, 0.6) is 0 Å². The Balaban J connectivity index is 3.77. The van der Waals surface area contributed by atoms with E-state index in [4.69, 9.17) is 4.74 Å². The third-order valence-corrected chi connectivity index (χ3v) is 8.76. The molecule has 0 N–H and O–H groups in total. The molecule has 0 aromatic rings. The highest BCUT2D eigenvalue weighted by atomic mass is 33.5. The Bertz CT molecular complexity index is 324. The van der Waals surface area contributed by atoms with Crippen LogP contribution in [0.2, 0.25) is 0 Å². The molecule has 0 saturated heterocycles. The number of carbonyl (C=O) groups is 1. The minimum Gasteiger partial charge on any atom is -0.462 e. The molecule has 0 aliphatic carbocycles. The van der Waals surface area contributed by atoms with Crippen LogP contribution in [0, 0.1) is 5.92 Å². The number of hydrogen-bond acceptors (Lipinski definition) is 5. The van der Waals surface area contributed by atoms with Crippen molar-refractivity contribution in [3.63, 3.8) is 0 Å². The van der Waals surface area contributed by atoms with E-state index in [0.29, 0.717) is 6.61 Å². The molecule has 0 fully saturated rings. The van der Waals surface area contributed by atoms with Gasteiger partial charge in [0.15, 0.2) is 0 Å². The zero-order valence-electron chi connectivity index (χ0n) is 17.0. The summed E-state index contributed by atoms with van der Waals surface area (Å²) in [5.41, 5.74) is 0. The molecule has 26 heavy (non-hydrogen) atoms. The Morgan fingerprint density at radius 3 is 2.12 bits per heavy atom. The molecule has 154 valence electrons. The molecule has 0 heterocycles. The summed E-state index contributed by atoms with van der Waals surface area (Å²) in [5, 5.41) is 0. The second kappa shape index (κ2) is 21.6. The van der Waals surface area contributed by atoms with Crippen LogP contribution in [-0.4, -0.2) is 24.1 Å². The first-order valence-electron chi connectivity index (χ1n) is 10.4. The maximum absolute atomic E-state index is 11.0. The van der Waals surface area contributed by atoms with E-state index in [1.807, 2.05) is 20.6 Å². The summed E-state index contributed by atoms with van der Waals surface area (Å²) in [4.78, 5) is 11.0. The highest BCUT2D eigenvalue weighted by molar-refractivity contribution is 9.09. The lowest BCUT2D eigenvalue weighted by molar-refractivity contribution is -0.137. The van der Waals surface area contributed by atoms with E-state index in [2.05, 4.69) is 20.4 Å². The molecular formula is C21H40O2S3. The molecule has 0 aliphatic rings. The molecular weight excluding hydrogens is 380 g/mol. The van der Waals surface area contributed by atoms with Crippen molar-refractivity contribution in [2.24, 2.45) is 5.92 Å². The second-order valence-corrected chi connectivity index (χ2v) is 11.2. The summed E-state index contributed by atoms with van der Waals surface area (Å²) in [5.74, 6) is 2.64. The first-order valence-corrected chi connectivity index (χ1v) is 14.3. The molecule has 0 radical (unpaired) electrons. The topological polar surface area (TPSA) is 26.3 Å². The van der Waals surface area contributed by atoms with Crippen molar-refractivity contribution in [3.05, 3.63) is 12.7 Å². The SMILES string of the molecule is C=CC(=O)OCCSSSCC(CCCCCC)CCCCCCCC. The predicted molar refractivity (Wildman–Crippen MR) is 124 cm³/mol. The molecule has 0 saturated carbocycles. The Kier molecular flexibility index (Phi) is 21.8. The van der Waals surface area contributed by atoms with Gasteiger partial charge in [-0.3, -0.25) is 0 Å². The Hall–Kier alpha value is 0.260. The first kappa shape index (κ1) is 26.3. The van der Waals surface area contributed by atoms with Gasteiger partial charge in [0.2, 0.25) is 0 Å². The summed E-state index contributed by atoms with van der Waals surface area (Å²) in [6, 6.07) is 0. The van der Waals surface area contributed by atoms with E-state index in [0.717, 1.165) is 11.7 Å². The van der Waals surface area contributed by atoms with Gasteiger partial charge in [0, 0.05) is 17.6 Å². The van der Waals surface area contributed by atoms with E-state index in [1.165, 1.54) is 88.9 Å². The second-order valence-electron chi connectivity index (χ2n) is 6.82. The number of ether oxygens (including phenoxy) is 1. The van der Waals surface area contributed by atoms with E-state index in [1.54, 1.807) is 10.8 Å². The summed E-state index contributed by atoms with van der Waals surface area (Å²) in [7, 11) is 5.62. The fourth-order valence-electron chi connectivity index (χ4n) is 2.81. The van der Waals surface area contributed by atoms with E-state index >= 15 is 0 Å². The molecule has 0 bridgehead atoms. The third kappa shape index (κ3) is 19.0. The summed E-state index contributed by atoms with van der Waals surface area (Å²) in [6.45, 7) is 8.43. The highest BCUT2D eigenvalue weighted by Crippen LogP contribution is 2.37. The zero-order chi connectivity index (χ0) is 19.3. The van der Waals surface area contributed by atoms with Crippen LogP contribution in [-0.2, 0) is 9.53 Å². The highest BCUT2D eigenvalue weighted by Gasteiger charge is 2.09. The van der Waals surface area contributed by atoms with E-state index in [-0.39, 0.29) is 5.97 Å². The molecule has 0 aliphatic heterocycles. The Morgan fingerprint density at radius 2 is 1.50 bits per heavy atom. The standard InChI is InChI=1S/C21H40O2S3/c1-4-7-9-11-12-14-16-20(15-13-10-8-5-2)19-25-26-24-18-17-23-21(22)6-3/h6,20H,3-5,7-19H2,1-2H3. The van der Waals surface area contributed by atoms with Crippen LogP contribution in [0.1, 0.15) is 90.9 Å². The van der Waals surface area contributed by atoms with Crippen LogP contribution in [0.15, 0.2) is 12.7 Å². The van der Waals surface area contributed by atoms with Crippen LogP contribution in [0.3, 0.4) is 0 Å². The van der Waals surface area contributed by atoms with Gasteiger partial charge in [0.25, 0.3) is 0 Å². The van der Waals surface area contributed by atoms with Gasteiger partial charge in [-0.2, -0.15) is 0 Å². The molecule has 0 aromatic heterocycles. The van der Waals surface area contributed by atoms with Gasteiger partial charge in [0.05, 0.1) is 0 Å². The fraction of sp³-hybridized carbons (Fsp3) is 0.857. The molecule has 0 spiro atoms. The average Bonchev–Trinajstić information content (AvgIpc) is 2.66. The lowest BCUT2D eigenvalue weighted by Gasteiger charge is -2.16. The number of carbonyl (C=O) groups excluding carboxylic acids is 1. The minimum absolute atomic E-state index is 0.325. The maximum atomic E-state index is 11.0. The normalized spacial score (nSPS) is 12.1. The number of hydrogen-bond donors (Lipinski definition) is 0. The van der Waals surface area contributed by atoms with Gasteiger partial charge < -0.3 is 4.74 Å². The van der Waals surface area contributed by atoms with Crippen LogP contribution < -0.4 is 0 Å². The zero-order valence-corrected chi connectivity index (χ0v) is 19.5. The molecule has 0 aromatic carbocycles. The Labute approximate surface area is 174 Å². The number of unbranched alkanes of at least 4 members (excludes halogenated alkanes) is 8. The van der Waals surface area contributed by atoms with Crippen molar-refractivity contribution >= 4 is 37.4 Å². The van der Waals surface area contributed by atoms with Gasteiger partial charge in [-0.15, -0.1) is 0 Å². The molecule has 5 heteroatoms. The van der Waals surface area contributed by atoms with Crippen molar-refractivity contribution < 1.29 is 9.53 Å². The lowest BCUT2D eigenvalue weighted by atomic mass is 9.96. The fourth-order valence-corrected chi connectivity index (χ4v) is 6.76. The van der Waals surface area contributed by atoms with Crippen LogP contribution in [0.4, 0.5) is 0 Å². The van der Waals surface area contributed by atoms with Gasteiger partial charge in [-0.05, 0) is 28.6 Å². The van der Waals surface area contributed by atoms with Gasteiger partial charge in [0.1, 0.15) is 6.61 Å².